The number of fused-ring (bicyclic) bond motifs is 1. The maximum Gasteiger partial charge on any atom is 0.308 e. The number of nitrogens with one attached hydrogen (secondary N) is 1. The van der Waals surface area contributed by atoms with Gasteiger partial charge in [-0.2, -0.15) is 0 Å². The highest BCUT2D eigenvalue weighted by atomic mass is 35.5. The van der Waals surface area contributed by atoms with E-state index in [0.717, 1.165) is 31.2 Å². The van der Waals surface area contributed by atoms with E-state index in [1.165, 1.54) is 5.57 Å². The number of hydrogen-bond acceptors (Lipinski definition) is 6. The van der Waals surface area contributed by atoms with Crippen molar-refractivity contribution in [1.82, 2.24) is 5.32 Å². The van der Waals surface area contributed by atoms with Crippen molar-refractivity contribution < 1.29 is 29.0 Å². The van der Waals surface area contributed by atoms with Gasteiger partial charge in [0, 0.05) is 31.2 Å². The molecule has 8 heteroatoms. The molecular formula is C34H48ClNO6. The molecule has 2 aliphatic carbocycles. The third-order valence-corrected chi connectivity index (χ3v) is 8.78. The predicted molar refractivity (Wildman–Crippen MR) is 164 cm³/mol. The zero-order valence-electron chi connectivity index (χ0n) is 25.5. The van der Waals surface area contributed by atoms with E-state index in [1.54, 1.807) is 0 Å². The highest BCUT2D eigenvalue weighted by molar-refractivity contribution is 6.18. The standard InChI is InChI=1S/C24H36O5.C10H12ClNO/c1-5-15(3)24(27)29-21-11-14(2)10-17-7-6-16(4)20(23(17)21)9-8-19-12-18(25)13-22(26)28-19;11-7-6-10(13)12-8-9-4-2-1-3-5-9/h6-7,10,14-16,18-21,23,25H,5,8-9,11-13H2,1-4H3;1-5H,6-8H2,(H,12,13)/t14-,15-,16-,18+,19+,20-,21-,23-;/m0./s1. The maximum absolute atomic E-state index is 12.5. The number of aliphatic hydroxyl groups is 1. The molecule has 3 aliphatic rings. The van der Waals surface area contributed by atoms with Crippen molar-refractivity contribution in [1.29, 1.82) is 0 Å². The van der Waals surface area contributed by atoms with E-state index in [2.05, 4.69) is 37.4 Å². The molecule has 0 bridgehead atoms. The molecule has 8 atom stereocenters. The number of carbonyl (C=O) groups is 3. The normalized spacial score (nSPS) is 29.1. The number of rotatable bonds is 10. The minimum Gasteiger partial charge on any atom is -0.462 e. The molecule has 7 nitrogen and oxygen atoms in total. The number of aliphatic hydroxyl groups excluding tert-OH is 1. The fourth-order valence-electron chi connectivity index (χ4n) is 6.04. The smallest absolute Gasteiger partial charge is 0.308 e. The number of esters is 2. The summed E-state index contributed by atoms with van der Waals surface area (Å²) in [6.45, 7) is 8.91. The number of alkyl halides is 1. The first-order valence-electron chi connectivity index (χ1n) is 15.5. The van der Waals surface area contributed by atoms with Crippen molar-refractivity contribution in [2.45, 2.75) is 97.5 Å². The average molecular weight is 602 g/mol. The van der Waals surface area contributed by atoms with Crippen LogP contribution >= 0.6 is 11.6 Å². The van der Waals surface area contributed by atoms with Crippen LogP contribution < -0.4 is 5.32 Å². The molecule has 0 unspecified atom stereocenters. The minimum atomic E-state index is -0.597. The number of amides is 1. The Kier molecular flexibility index (Phi) is 13.6. The zero-order valence-corrected chi connectivity index (χ0v) is 26.2. The summed E-state index contributed by atoms with van der Waals surface area (Å²) in [5.41, 5.74) is 2.37. The van der Waals surface area contributed by atoms with Crippen molar-refractivity contribution in [2.75, 3.05) is 5.88 Å². The Morgan fingerprint density at radius 3 is 2.57 bits per heavy atom. The van der Waals surface area contributed by atoms with Gasteiger partial charge in [0.1, 0.15) is 12.2 Å². The Morgan fingerprint density at radius 2 is 1.90 bits per heavy atom. The molecule has 1 aromatic rings. The van der Waals surface area contributed by atoms with Crippen LogP contribution in [0.3, 0.4) is 0 Å². The molecule has 1 heterocycles. The van der Waals surface area contributed by atoms with E-state index in [4.69, 9.17) is 21.1 Å². The average Bonchev–Trinajstić information content (AvgIpc) is 2.95. The van der Waals surface area contributed by atoms with Gasteiger partial charge < -0.3 is 19.9 Å². The second-order valence-electron chi connectivity index (χ2n) is 12.1. The second-order valence-corrected chi connectivity index (χ2v) is 12.4. The van der Waals surface area contributed by atoms with E-state index >= 15 is 0 Å². The van der Waals surface area contributed by atoms with E-state index < -0.39 is 6.10 Å². The molecule has 0 aromatic heterocycles. The lowest BCUT2D eigenvalue weighted by Gasteiger charge is -2.43. The van der Waals surface area contributed by atoms with Gasteiger partial charge in [0.05, 0.1) is 18.4 Å². The van der Waals surface area contributed by atoms with E-state index in [0.29, 0.717) is 43.0 Å². The van der Waals surface area contributed by atoms with Gasteiger partial charge in [-0.1, -0.05) is 76.3 Å². The van der Waals surface area contributed by atoms with Crippen LogP contribution in [0.4, 0.5) is 0 Å². The van der Waals surface area contributed by atoms with Gasteiger partial charge in [0.2, 0.25) is 5.91 Å². The summed E-state index contributed by atoms with van der Waals surface area (Å²) >= 11 is 5.42. The van der Waals surface area contributed by atoms with Gasteiger partial charge in [-0.3, -0.25) is 14.4 Å². The highest BCUT2D eigenvalue weighted by Gasteiger charge is 2.42. The van der Waals surface area contributed by atoms with Crippen molar-refractivity contribution in [3.05, 3.63) is 59.7 Å². The number of carbonyl (C=O) groups excluding carboxylic acids is 3. The van der Waals surface area contributed by atoms with Crippen molar-refractivity contribution >= 4 is 29.4 Å². The summed E-state index contributed by atoms with van der Waals surface area (Å²) in [5, 5.41) is 12.7. The molecule has 4 rings (SSSR count). The number of halogens is 1. The Morgan fingerprint density at radius 1 is 1.17 bits per heavy atom. The third-order valence-electron chi connectivity index (χ3n) is 8.59. The monoisotopic (exact) mass is 601 g/mol. The maximum atomic E-state index is 12.5. The van der Waals surface area contributed by atoms with Crippen LogP contribution in [0, 0.1) is 29.6 Å². The summed E-state index contributed by atoms with van der Waals surface area (Å²) in [5.74, 6) is 1.13. The molecule has 0 spiro atoms. The van der Waals surface area contributed by atoms with E-state index in [9.17, 15) is 19.5 Å². The summed E-state index contributed by atoms with van der Waals surface area (Å²) in [4.78, 5) is 35.2. The number of benzene rings is 1. The van der Waals surface area contributed by atoms with Crippen molar-refractivity contribution in [3.63, 3.8) is 0 Å². The third kappa shape index (κ3) is 10.3. The van der Waals surface area contributed by atoms with Crippen LogP contribution in [0.2, 0.25) is 0 Å². The summed E-state index contributed by atoms with van der Waals surface area (Å²) in [6, 6.07) is 9.79. The van der Waals surface area contributed by atoms with Gasteiger partial charge in [-0.05, 0) is 54.6 Å². The fourth-order valence-corrected chi connectivity index (χ4v) is 6.21. The lowest BCUT2D eigenvalue weighted by Crippen LogP contribution is -2.42. The predicted octanol–water partition coefficient (Wildman–Crippen LogP) is 6.13. The Labute approximate surface area is 256 Å². The van der Waals surface area contributed by atoms with Crippen molar-refractivity contribution in [2.24, 2.45) is 29.6 Å². The summed E-state index contributed by atoms with van der Waals surface area (Å²) < 4.78 is 11.5. The fraction of sp³-hybridized carbons (Fsp3) is 0.618. The van der Waals surface area contributed by atoms with Crippen LogP contribution in [-0.4, -0.2) is 47.1 Å². The van der Waals surface area contributed by atoms with Gasteiger partial charge in [-0.25, -0.2) is 0 Å². The lowest BCUT2D eigenvalue weighted by atomic mass is 9.65. The first-order chi connectivity index (χ1) is 20.1. The van der Waals surface area contributed by atoms with Crippen LogP contribution in [0.25, 0.3) is 0 Å². The number of allylic oxidation sites excluding steroid dienone is 3. The number of cyclic esters (lactones) is 1. The molecule has 1 amide bonds. The van der Waals surface area contributed by atoms with Gasteiger partial charge in [0.15, 0.2) is 0 Å². The molecule has 2 N–H and O–H groups in total. The molecule has 0 radical (unpaired) electrons. The van der Waals surface area contributed by atoms with Gasteiger partial charge in [0.25, 0.3) is 0 Å². The highest BCUT2D eigenvalue weighted by Crippen LogP contribution is 2.45. The largest absolute Gasteiger partial charge is 0.462 e. The van der Waals surface area contributed by atoms with Gasteiger partial charge in [-0.15, -0.1) is 11.6 Å². The minimum absolute atomic E-state index is 0.00106. The van der Waals surface area contributed by atoms with Crippen LogP contribution in [0.1, 0.15) is 78.2 Å². The molecule has 1 saturated heterocycles. The molecule has 232 valence electrons. The second kappa shape index (κ2) is 16.9. The zero-order chi connectivity index (χ0) is 30.6. The Bertz CT molecular complexity index is 1090. The van der Waals surface area contributed by atoms with Crippen LogP contribution in [-0.2, 0) is 30.4 Å². The quantitative estimate of drug-likeness (QED) is 0.247. The first kappa shape index (κ1) is 33.9. The van der Waals surface area contributed by atoms with E-state index in [-0.39, 0.29) is 48.3 Å². The summed E-state index contributed by atoms with van der Waals surface area (Å²) in [6.07, 6.45) is 10.1. The number of hydrogen-bond donors (Lipinski definition) is 2. The van der Waals surface area contributed by atoms with Crippen molar-refractivity contribution in [3.8, 4) is 0 Å². The topological polar surface area (TPSA) is 102 Å². The number of ether oxygens (including phenoxy) is 2. The van der Waals surface area contributed by atoms with Crippen LogP contribution in [0.5, 0.6) is 0 Å². The SMILES string of the molecule is CC[C@H](C)C(=O)O[C@H]1C[C@@H](C)C=C2C=C[C@H](C)[C@H](CC[C@@H]3C[C@@H](O)CC(=O)O3)[C@H]21.O=C(CCCl)NCc1ccccc1. The molecule has 0 saturated carbocycles. The lowest BCUT2D eigenvalue weighted by molar-refractivity contribution is -0.162. The molecule has 1 fully saturated rings. The first-order valence-corrected chi connectivity index (χ1v) is 16.0. The van der Waals surface area contributed by atoms with Crippen LogP contribution in [0.15, 0.2) is 54.1 Å². The Hall–Kier alpha value is -2.64. The molecule has 1 aromatic carbocycles. The Balaban J connectivity index is 0.000000312. The summed E-state index contributed by atoms with van der Waals surface area (Å²) in [7, 11) is 0. The van der Waals surface area contributed by atoms with Gasteiger partial charge >= 0.3 is 11.9 Å². The molecule has 42 heavy (non-hydrogen) atoms. The molecule has 1 aliphatic heterocycles. The molecular weight excluding hydrogens is 554 g/mol. The van der Waals surface area contributed by atoms with E-state index in [1.807, 2.05) is 44.2 Å².